The SMILES string of the molecule is CCN(CC)C(=O)COC(=O)C(CNC(=O)[C@@H]1CCCN(C(=O)CCC2CCNCC2)C1)NC(=O)OCc1ccccc1. The first-order valence-electron chi connectivity index (χ1n) is 15.5. The van der Waals surface area contributed by atoms with Crippen LogP contribution in [0.2, 0.25) is 0 Å². The second kappa shape index (κ2) is 18.1. The van der Waals surface area contributed by atoms with Gasteiger partial charge in [0.05, 0.1) is 5.92 Å². The highest BCUT2D eigenvalue weighted by Crippen LogP contribution is 2.21. The Morgan fingerprint density at radius 1 is 1.02 bits per heavy atom. The maximum absolute atomic E-state index is 13.1. The maximum atomic E-state index is 13.1. The van der Waals surface area contributed by atoms with Gasteiger partial charge in [0.25, 0.3) is 5.91 Å². The summed E-state index contributed by atoms with van der Waals surface area (Å²) in [6, 6.07) is 7.78. The molecule has 1 aromatic carbocycles. The summed E-state index contributed by atoms with van der Waals surface area (Å²) in [5.74, 6) is -1.34. The van der Waals surface area contributed by atoms with Gasteiger partial charge < -0.3 is 35.2 Å². The molecule has 0 aliphatic carbocycles. The van der Waals surface area contributed by atoms with Gasteiger partial charge in [0.15, 0.2) is 6.61 Å². The van der Waals surface area contributed by atoms with Crippen molar-refractivity contribution in [2.24, 2.45) is 11.8 Å². The molecule has 0 aromatic heterocycles. The number of nitrogens with one attached hydrogen (secondary N) is 3. The molecule has 3 N–H and O–H groups in total. The lowest BCUT2D eigenvalue weighted by atomic mass is 9.92. The summed E-state index contributed by atoms with van der Waals surface area (Å²) in [4.78, 5) is 67.1. The normalized spacial score (nSPS) is 17.8. The fraction of sp³-hybridized carbons (Fsp3) is 0.645. The number of hydrogen-bond donors (Lipinski definition) is 3. The third-order valence-corrected chi connectivity index (χ3v) is 8.09. The lowest BCUT2D eigenvalue weighted by Gasteiger charge is -2.33. The maximum Gasteiger partial charge on any atom is 0.408 e. The number of hydrogen-bond acceptors (Lipinski definition) is 8. The predicted octanol–water partition coefficient (Wildman–Crippen LogP) is 1.83. The van der Waals surface area contributed by atoms with Crippen LogP contribution in [0.5, 0.6) is 0 Å². The van der Waals surface area contributed by atoms with E-state index in [1.807, 2.05) is 32.0 Å². The molecule has 3 rings (SSSR count). The summed E-state index contributed by atoms with van der Waals surface area (Å²) in [5.41, 5.74) is 0.766. The van der Waals surface area contributed by atoms with Crippen molar-refractivity contribution in [3.8, 4) is 0 Å². The number of esters is 1. The average Bonchev–Trinajstić information content (AvgIpc) is 3.04. The minimum atomic E-state index is -1.27. The van der Waals surface area contributed by atoms with Gasteiger partial charge >= 0.3 is 12.1 Å². The van der Waals surface area contributed by atoms with Crippen LogP contribution in [-0.2, 0) is 35.3 Å². The van der Waals surface area contributed by atoms with Crippen molar-refractivity contribution in [1.29, 1.82) is 0 Å². The Kier molecular flexibility index (Phi) is 14.2. The van der Waals surface area contributed by atoms with E-state index in [2.05, 4.69) is 16.0 Å². The van der Waals surface area contributed by atoms with E-state index in [1.165, 1.54) is 4.90 Å². The number of rotatable bonds is 14. The molecule has 1 unspecified atom stereocenters. The molecule has 2 aliphatic heterocycles. The average molecular weight is 602 g/mol. The lowest BCUT2D eigenvalue weighted by Crippen LogP contribution is -2.52. The molecule has 0 bridgehead atoms. The van der Waals surface area contributed by atoms with Gasteiger partial charge in [0.1, 0.15) is 12.6 Å². The predicted molar refractivity (Wildman–Crippen MR) is 160 cm³/mol. The van der Waals surface area contributed by atoms with E-state index < -0.39 is 30.6 Å². The molecule has 0 radical (unpaired) electrons. The van der Waals surface area contributed by atoms with Gasteiger partial charge in [-0.25, -0.2) is 9.59 Å². The molecule has 12 heteroatoms. The van der Waals surface area contributed by atoms with Crippen LogP contribution in [0.15, 0.2) is 30.3 Å². The fourth-order valence-corrected chi connectivity index (χ4v) is 5.42. The summed E-state index contributed by atoms with van der Waals surface area (Å²) in [7, 11) is 0. The van der Waals surface area contributed by atoms with Crippen molar-refractivity contribution in [2.45, 2.75) is 65.0 Å². The fourth-order valence-electron chi connectivity index (χ4n) is 5.42. The third kappa shape index (κ3) is 11.5. The second-order valence-corrected chi connectivity index (χ2v) is 11.1. The highest BCUT2D eigenvalue weighted by molar-refractivity contribution is 5.86. The second-order valence-electron chi connectivity index (χ2n) is 11.1. The van der Waals surface area contributed by atoms with Crippen LogP contribution in [0.4, 0.5) is 4.79 Å². The number of ether oxygens (including phenoxy) is 2. The molecule has 0 spiro atoms. The first kappa shape index (κ1) is 33.8. The topological polar surface area (TPSA) is 146 Å². The Morgan fingerprint density at radius 3 is 2.44 bits per heavy atom. The molecular weight excluding hydrogens is 554 g/mol. The molecule has 0 saturated carbocycles. The van der Waals surface area contributed by atoms with Gasteiger partial charge in [-0.15, -0.1) is 0 Å². The Balaban J connectivity index is 1.53. The zero-order chi connectivity index (χ0) is 31.0. The van der Waals surface area contributed by atoms with Crippen LogP contribution in [0, 0.1) is 11.8 Å². The third-order valence-electron chi connectivity index (χ3n) is 8.09. The number of alkyl carbamates (subject to hydrolysis) is 1. The minimum Gasteiger partial charge on any atom is -0.454 e. The van der Waals surface area contributed by atoms with Gasteiger partial charge in [0, 0.05) is 39.1 Å². The van der Waals surface area contributed by atoms with Gasteiger partial charge in [-0.2, -0.15) is 0 Å². The summed E-state index contributed by atoms with van der Waals surface area (Å²) in [6.45, 7) is 6.75. The van der Waals surface area contributed by atoms with E-state index in [4.69, 9.17) is 9.47 Å². The number of piperidine rings is 2. The molecule has 2 aliphatic rings. The molecule has 2 saturated heterocycles. The van der Waals surface area contributed by atoms with Crippen molar-refractivity contribution in [3.63, 3.8) is 0 Å². The van der Waals surface area contributed by atoms with Gasteiger partial charge in [-0.05, 0) is 70.5 Å². The van der Waals surface area contributed by atoms with E-state index in [0.717, 1.165) is 37.9 Å². The minimum absolute atomic E-state index is 0.00911. The monoisotopic (exact) mass is 601 g/mol. The van der Waals surface area contributed by atoms with Crippen molar-refractivity contribution in [2.75, 3.05) is 52.4 Å². The van der Waals surface area contributed by atoms with Crippen LogP contribution >= 0.6 is 0 Å². The summed E-state index contributed by atoms with van der Waals surface area (Å²) in [5, 5.41) is 8.53. The number of carbonyl (C=O) groups is 5. The van der Waals surface area contributed by atoms with Gasteiger partial charge in [-0.1, -0.05) is 30.3 Å². The van der Waals surface area contributed by atoms with Crippen LogP contribution in [-0.4, -0.2) is 98.0 Å². The standard InChI is InChI=1S/C31H47N5O7/c1-3-35(4-2)28(38)22-42-30(40)26(34-31(41)43-21-24-9-6-5-7-10-24)19-33-29(39)25-11-8-18-36(20-25)27(37)13-12-23-14-16-32-17-15-23/h5-7,9-10,23,25-26,32H,3-4,8,11-22H2,1-2H3,(H,33,39)(H,34,41)/t25-,26?/m1/s1. The largest absolute Gasteiger partial charge is 0.454 e. The van der Waals surface area contributed by atoms with Crippen LogP contribution in [0.1, 0.15) is 57.9 Å². The molecule has 2 heterocycles. The summed E-state index contributed by atoms with van der Waals surface area (Å²) in [6.07, 6.45) is 3.97. The lowest BCUT2D eigenvalue weighted by molar-refractivity contribution is -0.153. The molecule has 2 atom stereocenters. The van der Waals surface area contributed by atoms with E-state index in [-0.39, 0.29) is 30.9 Å². The molecule has 2 fully saturated rings. The molecule has 4 amide bonds. The van der Waals surface area contributed by atoms with E-state index in [0.29, 0.717) is 51.4 Å². The molecule has 1 aromatic rings. The van der Waals surface area contributed by atoms with Crippen LogP contribution in [0.25, 0.3) is 0 Å². The van der Waals surface area contributed by atoms with Gasteiger partial charge in [0.2, 0.25) is 11.8 Å². The van der Waals surface area contributed by atoms with Crippen LogP contribution in [0.3, 0.4) is 0 Å². The molecule has 12 nitrogen and oxygen atoms in total. The smallest absolute Gasteiger partial charge is 0.408 e. The van der Waals surface area contributed by atoms with E-state index in [1.54, 1.807) is 17.0 Å². The van der Waals surface area contributed by atoms with E-state index in [9.17, 15) is 24.0 Å². The highest BCUT2D eigenvalue weighted by atomic mass is 16.6. The Morgan fingerprint density at radius 2 is 1.74 bits per heavy atom. The van der Waals surface area contributed by atoms with Crippen molar-refractivity contribution in [1.82, 2.24) is 25.8 Å². The zero-order valence-corrected chi connectivity index (χ0v) is 25.5. The quantitative estimate of drug-likeness (QED) is 0.274. The van der Waals surface area contributed by atoms with Crippen molar-refractivity contribution in [3.05, 3.63) is 35.9 Å². The van der Waals surface area contributed by atoms with E-state index >= 15 is 0 Å². The Bertz CT molecular complexity index is 1060. The number of benzene rings is 1. The van der Waals surface area contributed by atoms with Gasteiger partial charge in [-0.3, -0.25) is 14.4 Å². The number of likely N-dealkylation sites (tertiary alicyclic amines) is 1. The summed E-state index contributed by atoms with van der Waals surface area (Å²) >= 11 is 0. The first-order chi connectivity index (χ1) is 20.8. The van der Waals surface area contributed by atoms with Crippen molar-refractivity contribution < 1.29 is 33.4 Å². The first-order valence-corrected chi connectivity index (χ1v) is 15.5. The highest BCUT2D eigenvalue weighted by Gasteiger charge is 2.31. The number of amides is 4. The Hall–Kier alpha value is -3.67. The summed E-state index contributed by atoms with van der Waals surface area (Å²) < 4.78 is 10.5. The number of carbonyl (C=O) groups excluding carboxylic acids is 5. The Labute approximate surface area is 254 Å². The number of likely N-dealkylation sites (N-methyl/N-ethyl adjacent to an activating group) is 1. The molecular formula is C31H47N5O7. The van der Waals surface area contributed by atoms with Crippen molar-refractivity contribution >= 4 is 29.8 Å². The molecule has 43 heavy (non-hydrogen) atoms. The number of nitrogens with zero attached hydrogens (tertiary/aromatic N) is 2. The van der Waals surface area contributed by atoms with Crippen LogP contribution < -0.4 is 16.0 Å². The zero-order valence-electron chi connectivity index (χ0n) is 25.5. The molecule has 238 valence electrons.